The van der Waals surface area contributed by atoms with E-state index in [0.717, 1.165) is 37.1 Å². The molecule has 4 N–H and O–H groups in total. The number of anilines is 1. The molecule has 5 aliphatic rings. The van der Waals surface area contributed by atoms with Crippen molar-refractivity contribution in [3.05, 3.63) is 93.4 Å². The Kier molecular flexibility index (Phi) is 17.2. The lowest BCUT2D eigenvalue weighted by Crippen LogP contribution is -2.57. The Labute approximate surface area is 457 Å². The molecule has 76 heavy (non-hydrogen) atoms. The van der Waals surface area contributed by atoms with E-state index in [1.165, 1.54) is 42.7 Å². The van der Waals surface area contributed by atoms with Crippen LogP contribution in [0.1, 0.15) is 122 Å². The van der Waals surface area contributed by atoms with Crippen LogP contribution in [0.2, 0.25) is 0 Å². The average molecular weight is 1080 g/mol. The number of piperidine rings is 1. The Bertz CT molecular complexity index is 2930. The van der Waals surface area contributed by atoms with Crippen molar-refractivity contribution in [1.29, 1.82) is 0 Å². The summed E-state index contributed by atoms with van der Waals surface area (Å²) in [5.41, 5.74) is 2.16. The van der Waals surface area contributed by atoms with Gasteiger partial charge < -0.3 is 44.1 Å². The molecular weight excluding hydrogens is 1000 g/mol. The van der Waals surface area contributed by atoms with Crippen LogP contribution in [-0.4, -0.2) is 110 Å². The summed E-state index contributed by atoms with van der Waals surface area (Å²) >= 11 is 4.13. The number of esters is 1. The molecule has 2 saturated heterocycles. The molecule has 3 aromatic rings. The van der Waals surface area contributed by atoms with Crippen LogP contribution in [0.25, 0.3) is 10.8 Å². The molecule has 0 aromatic heterocycles. The molecule has 1 unspecified atom stereocenters. The van der Waals surface area contributed by atoms with Crippen LogP contribution in [-0.2, 0) is 36.8 Å². The number of hydrogen-bond acceptors (Lipinski definition) is 14. The van der Waals surface area contributed by atoms with E-state index in [9.17, 15) is 24.9 Å². The van der Waals surface area contributed by atoms with Crippen molar-refractivity contribution < 1.29 is 53.1 Å². The smallest absolute Gasteiger partial charge is 0.312 e. The van der Waals surface area contributed by atoms with E-state index in [-0.39, 0.29) is 73.5 Å². The topological polar surface area (TPSA) is 186 Å². The van der Waals surface area contributed by atoms with Crippen LogP contribution < -0.4 is 20.8 Å². The number of likely N-dealkylation sites (tertiary alicyclic amines) is 1. The Morgan fingerprint density at radius 3 is 2.21 bits per heavy atom. The zero-order chi connectivity index (χ0) is 55.2. The Balaban J connectivity index is 1.20. The lowest BCUT2D eigenvalue weighted by Gasteiger charge is -2.46. The van der Waals surface area contributed by atoms with Crippen molar-refractivity contribution in [2.24, 2.45) is 45.5 Å². The minimum atomic E-state index is -1.94. The third-order valence-electron chi connectivity index (χ3n) is 17.3. The van der Waals surface area contributed by atoms with Gasteiger partial charge in [0.2, 0.25) is 0 Å². The average Bonchev–Trinajstić information content (AvgIpc) is 4.18. The molecule has 0 radical (unpaired) electrons. The fourth-order valence-corrected chi connectivity index (χ4v) is 15.6. The van der Waals surface area contributed by atoms with Gasteiger partial charge in [0.05, 0.1) is 54.4 Å². The molecule has 0 aliphatic carbocycles. The first-order valence-electron chi connectivity index (χ1n) is 27.3. The molecule has 0 saturated carbocycles. The zero-order valence-corrected chi connectivity index (χ0v) is 48.4. The molecule has 1 spiro atoms. The Hall–Kier alpha value is -4.87. The second-order valence-corrected chi connectivity index (χ2v) is 26.2. The number of fused-ring (bicyclic) bond motifs is 1. The number of nitrogens with one attached hydrogen (secondary N) is 1. The third-order valence-corrected chi connectivity index (χ3v) is 20.5. The van der Waals surface area contributed by atoms with Crippen molar-refractivity contribution in [2.45, 2.75) is 156 Å². The quantitative estimate of drug-likeness (QED) is 0.0905. The van der Waals surface area contributed by atoms with Crippen LogP contribution in [0.4, 0.5) is 5.69 Å². The molecule has 4 bridgehead atoms. The number of carbonyl (C=O) groups is 3. The zero-order valence-electron chi connectivity index (χ0n) is 46.8. The lowest BCUT2D eigenvalue weighted by atomic mass is 9.73. The number of benzene rings is 3. The summed E-state index contributed by atoms with van der Waals surface area (Å²) in [5, 5.41) is 42.3. The highest BCUT2D eigenvalue weighted by atomic mass is 32.2. The van der Waals surface area contributed by atoms with Gasteiger partial charge in [-0.3, -0.25) is 24.4 Å². The lowest BCUT2D eigenvalue weighted by molar-refractivity contribution is -0.948. The number of phenolic OH excluding ortho intramolecular Hbond substituents is 2. The van der Waals surface area contributed by atoms with E-state index in [2.05, 4.69) is 73.9 Å². The number of ether oxygens (including phenoxy) is 4. The van der Waals surface area contributed by atoms with Gasteiger partial charge in [-0.1, -0.05) is 97.9 Å². The monoisotopic (exact) mass is 1080 g/mol. The van der Waals surface area contributed by atoms with Crippen LogP contribution >= 0.6 is 23.5 Å². The maximum Gasteiger partial charge on any atom is 0.312 e. The van der Waals surface area contributed by atoms with Gasteiger partial charge in [0.1, 0.15) is 35.2 Å². The molecule has 5 heterocycles. The van der Waals surface area contributed by atoms with Crippen molar-refractivity contribution in [1.82, 2.24) is 0 Å². The van der Waals surface area contributed by atoms with Crippen molar-refractivity contribution >= 4 is 57.6 Å². The van der Waals surface area contributed by atoms with E-state index >= 15 is 4.79 Å². The van der Waals surface area contributed by atoms with E-state index in [1.54, 1.807) is 39.2 Å². The number of carbonyl (C=O) groups excluding carboxylic acids is 3. The number of phenols is 2. The predicted octanol–water partition coefficient (Wildman–Crippen LogP) is 9.87. The summed E-state index contributed by atoms with van der Waals surface area (Å²) < 4.78 is 25.5. The van der Waals surface area contributed by atoms with Gasteiger partial charge in [-0.25, -0.2) is 0 Å². The minimum absolute atomic E-state index is 0.0249. The third kappa shape index (κ3) is 11.4. The number of ketones is 1. The molecule has 16 heteroatoms. The van der Waals surface area contributed by atoms with Crippen LogP contribution in [0.3, 0.4) is 0 Å². The fourth-order valence-electron chi connectivity index (χ4n) is 12.4. The minimum Gasteiger partial charge on any atom is -0.507 e. The number of aromatic hydroxyl groups is 2. The number of thioether (sulfide) groups is 2. The number of allylic oxidation sites excluding steroid dienone is 2. The van der Waals surface area contributed by atoms with E-state index < -0.39 is 59.1 Å². The summed E-state index contributed by atoms with van der Waals surface area (Å²) in [4.78, 5) is 52.8. The number of methoxy groups -OCH3 is 1. The number of amides is 1. The maximum atomic E-state index is 15.1. The number of rotatable bonds is 9. The number of aliphatic hydroxyl groups is 1. The number of Topliss-reactive ketones (excluding diaryl/α,β-unsaturated/α-hetero) is 1. The highest BCUT2D eigenvalue weighted by Crippen LogP contribution is 2.50. The van der Waals surface area contributed by atoms with Crippen molar-refractivity contribution in [3.8, 4) is 17.2 Å². The molecule has 2 fully saturated rings. The van der Waals surface area contributed by atoms with E-state index in [4.69, 9.17) is 28.9 Å². The molecule has 11 atom stereocenters. The number of nitrogens with zero attached hydrogens (tertiary/aromatic N) is 3. The number of aryl methyl sites for hydroxylation is 1. The first-order chi connectivity index (χ1) is 35.9. The van der Waals surface area contributed by atoms with Gasteiger partial charge in [-0.05, 0) is 56.1 Å². The fraction of sp³-hybridized carbons (Fsp3) is 0.583. The molecule has 412 valence electrons. The van der Waals surface area contributed by atoms with Gasteiger partial charge in [0.25, 0.3) is 11.7 Å². The molecule has 1 amide bonds. The molecule has 3 aromatic carbocycles. The first kappa shape index (κ1) is 57.3. The van der Waals surface area contributed by atoms with Gasteiger partial charge in [-0.15, -0.1) is 23.5 Å². The molecule has 5 aliphatic heterocycles. The number of hydrogen-bond donors (Lipinski definition) is 4. The summed E-state index contributed by atoms with van der Waals surface area (Å²) in [6, 6.07) is 9.17. The van der Waals surface area contributed by atoms with Gasteiger partial charge in [-0.2, -0.15) is 0 Å². The van der Waals surface area contributed by atoms with E-state index in [0.29, 0.717) is 34.8 Å². The Morgan fingerprint density at radius 1 is 0.908 bits per heavy atom. The SMILES string of the molecule is CO[C@H]1/C=C/O[C@@]2(C)Oc3c(C)c(O)c4c(O)c(c5c(c4c3C2=O)=NC2(CC[N+](Cc3ccc(CCC4SCS[C@H]4C)cc3)(CC(C)C)CC2)N=5)NC(=O)/C(C)=C\C=C\[C@H](C)[C@H](O)[C@@H](C)[C@@H](C)[C@@H](C)[C@H](OC(C)=O)[C@@H]1C. The summed E-state index contributed by atoms with van der Waals surface area (Å²) in [5.74, 6) is -5.17. The van der Waals surface area contributed by atoms with Gasteiger partial charge >= 0.3 is 11.8 Å². The van der Waals surface area contributed by atoms with Crippen LogP contribution in [0, 0.1) is 42.4 Å². The normalized spacial score (nSPS) is 34.5. The predicted molar refractivity (Wildman–Crippen MR) is 301 cm³/mol. The second kappa shape index (κ2) is 22.8. The number of quaternary nitrogens is 1. The highest BCUT2D eigenvalue weighted by molar-refractivity contribution is 8.19. The molecule has 14 nitrogen and oxygen atoms in total. The summed E-state index contributed by atoms with van der Waals surface area (Å²) in [6.07, 6.45) is 9.48. The van der Waals surface area contributed by atoms with Gasteiger partial charge in [0.15, 0.2) is 11.4 Å². The van der Waals surface area contributed by atoms with Crippen molar-refractivity contribution in [3.63, 3.8) is 0 Å². The van der Waals surface area contributed by atoms with E-state index in [1.807, 2.05) is 40.7 Å². The van der Waals surface area contributed by atoms with Crippen molar-refractivity contribution in [2.75, 3.05) is 37.1 Å². The highest BCUT2D eigenvalue weighted by Gasteiger charge is 2.51. The molecule has 8 rings (SSSR count). The second-order valence-electron chi connectivity index (χ2n) is 23.2. The standard InChI is InChI=1S/C60H80N4O10S2/c1-32(2)29-64(30-43-19-17-42(18-20-43)21-22-45-40(10)75-31-76-45)26-24-60(25-27-64)62-49-46-47-53(67)39(9)56-48(46)57(69)59(12,74-56)72-28-23-44(71-13)38(8)55(73-41(11)65)37(7)35(5)36(6)52(66)33(3)15-14-16-34(4)58(70)61-51(54(47)68)50(49)63-60/h14-20,23,28,32-33,35-38,40,44-45,52,55,66H,21-22,24-27,29-31H2,1-13H3,(H2-,61,62,63,67,68,69,70)/p+1/b15-14+,28-23+,34-16-/t33-,35+,36-,37+,38+,40-,44-,45?,52-,55-,59-,60?,64?/m0/s1. The Morgan fingerprint density at radius 2 is 1.58 bits per heavy atom. The largest absolute Gasteiger partial charge is 0.507 e. The van der Waals surface area contributed by atoms with Gasteiger partial charge in [0, 0.05) is 89.2 Å². The maximum absolute atomic E-state index is 15.1. The summed E-state index contributed by atoms with van der Waals surface area (Å²) in [6.45, 7) is 26.1. The summed E-state index contributed by atoms with van der Waals surface area (Å²) in [7, 11) is 1.54. The van der Waals surface area contributed by atoms with Crippen LogP contribution in [0.15, 0.2) is 70.4 Å². The molecular formula is C60H81N4O10S2+. The number of aliphatic hydroxyl groups excluding tert-OH is 1. The first-order valence-corrected chi connectivity index (χ1v) is 29.3. The van der Waals surface area contributed by atoms with Crippen LogP contribution in [0.5, 0.6) is 17.2 Å².